The quantitative estimate of drug-likeness (QED) is 0.0975. The Hall–Kier alpha value is -4.94. The van der Waals surface area contributed by atoms with Crippen LogP contribution in [0.2, 0.25) is 0 Å². The molecule has 0 aliphatic rings. The molecule has 9 heteroatoms. The van der Waals surface area contributed by atoms with Crippen LogP contribution in [0.25, 0.3) is 0 Å². The van der Waals surface area contributed by atoms with Crippen LogP contribution in [-0.4, -0.2) is 60.8 Å². The van der Waals surface area contributed by atoms with Gasteiger partial charge in [0.2, 0.25) is 11.8 Å². The van der Waals surface area contributed by atoms with Crippen molar-refractivity contribution in [2.75, 3.05) is 20.1 Å². The maximum Gasteiger partial charge on any atom is 0.339 e. The van der Waals surface area contributed by atoms with Crippen LogP contribution in [-0.2, 0) is 16.0 Å². The van der Waals surface area contributed by atoms with E-state index in [-0.39, 0.29) is 13.0 Å². The monoisotopic (exact) mass is 566 g/mol. The molecule has 0 aliphatic carbocycles. The van der Waals surface area contributed by atoms with Crippen molar-refractivity contribution in [3.8, 4) is 12.3 Å². The van der Waals surface area contributed by atoms with Crippen molar-refractivity contribution in [1.82, 2.24) is 21.0 Å². The first kappa shape index (κ1) is 31.6. The molecule has 0 aliphatic heterocycles. The molecule has 0 unspecified atom stereocenters. The molecule has 0 heterocycles. The van der Waals surface area contributed by atoms with E-state index >= 15 is 0 Å². The second-order valence-corrected chi connectivity index (χ2v) is 9.70. The third-order valence-electron chi connectivity index (χ3n) is 6.52. The van der Waals surface area contributed by atoms with Gasteiger partial charge in [0.25, 0.3) is 0 Å². The van der Waals surface area contributed by atoms with Crippen LogP contribution in [0.1, 0.15) is 36.0 Å². The smallest absolute Gasteiger partial charge is 0.339 e. The SMILES string of the molecule is C#CCN(N=C(c1ccccc1)c1ccccc1)C(=O)N[C@H](Cc1ccccc1)C(=O)N[C@@H](CCCCNC)C(N)=O. The van der Waals surface area contributed by atoms with Crippen molar-refractivity contribution in [2.45, 2.75) is 37.8 Å². The number of benzene rings is 3. The van der Waals surface area contributed by atoms with Gasteiger partial charge in [0.05, 0.1) is 5.71 Å². The second-order valence-electron chi connectivity index (χ2n) is 9.70. The number of carbonyl (C=O) groups excluding carboxylic acids is 3. The Balaban J connectivity index is 1.89. The number of hydrazone groups is 1. The lowest BCUT2D eigenvalue weighted by Gasteiger charge is -2.25. The number of unbranched alkanes of at least 4 members (excludes halogenated alkanes) is 1. The molecule has 218 valence electrons. The summed E-state index contributed by atoms with van der Waals surface area (Å²) in [6, 6.07) is 25.6. The van der Waals surface area contributed by atoms with Crippen molar-refractivity contribution in [3.63, 3.8) is 0 Å². The lowest BCUT2D eigenvalue weighted by atomic mass is 10.0. The minimum absolute atomic E-state index is 0.135. The Bertz CT molecular complexity index is 1320. The fraction of sp³-hybridized carbons (Fsp3) is 0.273. The van der Waals surface area contributed by atoms with Gasteiger partial charge in [-0.3, -0.25) is 9.59 Å². The van der Waals surface area contributed by atoms with Gasteiger partial charge in [-0.1, -0.05) is 96.9 Å². The lowest BCUT2D eigenvalue weighted by Crippen LogP contribution is -2.55. The molecular weight excluding hydrogens is 528 g/mol. The molecule has 0 saturated heterocycles. The average Bonchev–Trinajstić information content (AvgIpc) is 3.01. The standard InChI is InChI=1S/C33H38N6O3/c1-3-23-39(38-30(26-17-9-5-10-18-26)27-19-11-6-12-20-27)33(42)37-29(24-25-15-7-4-8-16-25)32(41)36-28(31(34)40)21-13-14-22-35-2/h1,4-12,15-20,28-29,35H,13-14,21-24H2,2H3,(H2,34,40)(H,36,41)(H,37,42)/t28-,29+/m0/s1. The number of terminal acetylenes is 1. The van der Waals surface area contributed by atoms with E-state index < -0.39 is 29.9 Å². The highest BCUT2D eigenvalue weighted by molar-refractivity contribution is 6.13. The van der Waals surface area contributed by atoms with Gasteiger partial charge in [0.1, 0.15) is 18.6 Å². The zero-order chi connectivity index (χ0) is 30.2. The fourth-order valence-corrected chi connectivity index (χ4v) is 4.32. The van der Waals surface area contributed by atoms with Crippen LogP contribution in [0, 0.1) is 12.3 Å². The van der Waals surface area contributed by atoms with Crippen molar-refractivity contribution < 1.29 is 14.4 Å². The number of carbonyl (C=O) groups is 3. The molecule has 0 radical (unpaired) electrons. The van der Waals surface area contributed by atoms with E-state index in [1.54, 1.807) is 0 Å². The normalized spacial score (nSPS) is 11.8. The van der Waals surface area contributed by atoms with Gasteiger partial charge in [0, 0.05) is 17.5 Å². The minimum Gasteiger partial charge on any atom is -0.368 e. The summed E-state index contributed by atoms with van der Waals surface area (Å²) in [6.07, 6.45) is 7.71. The fourth-order valence-electron chi connectivity index (χ4n) is 4.32. The average molecular weight is 567 g/mol. The van der Waals surface area contributed by atoms with Gasteiger partial charge < -0.3 is 21.7 Å². The number of hydrogen-bond acceptors (Lipinski definition) is 5. The third kappa shape index (κ3) is 9.91. The van der Waals surface area contributed by atoms with E-state index in [2.05, 4.69) is 27.0 Å². The summed E-state index contributed by atoms with van der Waals surface area (Å²) in [4.78, 5) is 39.3. The third-order valence-corrected chi connectivity index (χ3v) is 6.52. The molecule has 0 aromatic heterocycles. The van der Waals surface area contributed by atoms with E-state index in [0.29, 0.717) is 18.6 Å². The largest absolute Gasteiger partial charge is 0.368 e. The Kier molecular flexibility index (Phi) is 12.8. The number of nitrogens with one attached hydrogen (secondary N) is 3. The van der Waals surface area contributed by atoms with Crippen LogP contribution in [0.15, 0.2) is 96.1 Å². The molecule has 9 nitrogen and oxygen atoms in total. The highest BCUT2D eigenvalue weighted by Crippen LogP contribution is 2.13. The number of nitrogens with two attached hydrogens (primary N) is 1. The van der Waals surface area contributed by atoms with Gasteiger partial charge in [0.15, 0.2) is 0 Å². The maximum atomic E-state index is 13.6. The van der Waals surface area contributed by atoms with Gasteiger partial charge in [-0.25, -0.2) is 9.80 Å². The first-order valence-electron chi connectivity index (χ1n) is 13.9. The highest BCUT2D eigenvalue weighted by atomic mass is 16.2. The summed E-state index contributed by atoms with van der Waals surface area (Å²) in [6.45, 7) is 0.648. The lowest BCUT2D eigenvalue weighted by molar-refractivity contribution is -0.128. The van der Waals surface area contributed by atoms with Gasteiger partial charge in [-0.2, -0.15) is 5.10 Å². The molecule has 2 atom stereocenters. The summed E-state index contributed by atoms with van der Waals surface area (Å²) in [5.74, 6) is 1.32. The zero-order valence-corrected chi connectivity index (χ0v) is 23.8. The molecule has 5 N–H and O–H groups in total. The zero-order valence-electron chi connectivity index (χ0n) is 23.8. The molecule has 0 bridgehead atoms. The predicted molar refractivity (Wildman–Crippen MR) is 165 cm³/mol. The Labute approximate surface area is 247 Å². The number of nitrogens with zero attached hydrogens (tertiary/aromatic N) is 2. The van der Waals surface area contributed by atoms with E-state index in [1.807, 2.05) is 98.0 Å². The summed E-state index contributed by atoms with van der Waals surface area (Å²) >= 11 is 0. The molecule has 3 rings (SSSR count). The topological polar surface area (TPSA) is 129 Å². The summed E-state index contributed by atoms with van der Waals surface area (Å²) in [5, 5.41) is 14.4. The van der Waals surface area contributed by atoms with Crippen LogP contribution in [0.4, 0.5) is 4.79 Å². The van der Waals surface area contributed by atoms with Crippen LogP contribution < -0.4 is 21.7 Å². The van der Waals surface area contributed by atoms with Crippen LogP contribution >= 0.6 is 0 Å². The highest BCUT2D eigenvalue weighted by Gasteiger charge is 2.28. The second kappa shape index (κ2) is 17.0. The van der Waals surface area contributed by atoms with Crippen LogP contribution in [0.3, 0.4) is 0 Å². The predicted octanol–water partition coefficient (Wildman–Crippen LogP) is 3.05. The molecule has 0 spiro atoms. The summed E-state index contributed by atoms with van der Waals surface area (Å²) in [7, 11) is 1.85. The molecule has 3 aromatic rings. The van der Waals surface area contributed by atoms with E-state index in [1.165, 1.54) is 0 Å². The van der Waals surface area contributed by atoms with E-state index in [9.17, 15) is 14.4 Å². The first-order chi connectivity index (χ1) is 20.4. The number of primary amides is 1. The molecular formula is C33H38N6O3. The number of amides is 4. The molecule has 0 fully saturated rings. The van der Waals surface area contributed by atoms with Gasteiger partial charge in [-0.05, 0) is 38.4 Å². The van der Waals surface area contributed by atoms with Crippen LogP contribution in [0.5, 0.6) is 0 Å². The Morgan fingerprint density at radius 2 is 1.43 bits per heavy atom. The molecule has 4 amide bonds. The number of hydrogen-bond donors (Lipinski definition) is 4. The Morgan fingerprint density at radius 1 is 0.857 bits per heavy atom. The number of urea groups is 1. The maximum absolute atomic E-state index is 13.6. The van der Waals surface area contributed by atoms with Gasteiger partial charge >= 0.3 is 6.03 Å². The summed E-state index contributed by atoms with van der Waals surface area (Å²) in [5.41, 5.74) is 8.55. The summed E-state index contributed by atoms with van der Waals surface area (Å²) < 4.78 is 0. The minimum atomic E-state index is -1.02. The molecule has 0 saturated carbocycles. The molecule has 42 heavy (non-hydrogen) atoms. The molecule has 3 aromatic carbocycles. The van der Waals surface area contributed by atoms with Crippen molar-refractivity contribution in [3.05, 3.63) is 108 Å². The van der Waals surface area contributed by atoms with Crippen molar-refractivity contribution in [2.24, 2.45) is 10.8 Å². The van der Waals surface area contributed by atoms with Crippen molar-refractivity contribution >= 4 is 23.6 Å². The van der Waals surface area contributed by atoms with E-state index in [4.69, 9.17) is 12.2 Å². The Morgan fingerprint density at radius 3 is 1.95 bits per heavy atom. The van der Waals surface area contributed by atoms with Crippen molar-refractivity contribution in [1.29, 1.82) is 0 Å². The van der Waals surface area contributed by atoms with Gasteiger partial charge in [-0.15, -0.1) is 6.42 Å². The first-order valence-corrected chi connectivity index (χ1v) is 13.9. The van der Waals surface area contributed by atoms with E-state index in [0.717, 1.165) is 34.7 Å². The number of rotatable bonds is 15.